The third kappa shape index (κ3) is 4.13. The molecule has 5 heteroatoms. The topological polar surface area (TPSA) is 78.0 Å². The van der Waals surface area contributed by atoms with Crippen LogP contribution in [0.2, 0.25) is 0 Å². The molecule has 4 rings (SSSR count). The highest BCUT2D eigenvalue weighted by molar-refractivity contribution is 5.81. The molecule has 0 spiro atoms. The fourth-order valence-corrected chi connectivity index (χ4v) is 4.00. The minimum atomic E-state index is 0.115. The molecule has 27 heavy (non-hydrogen) atoms. The summed E-state index contributed by atoms with van der Waals surface area (Å²) >= 11 is 0. The van der Waals surface area contributed by atoms with Gasteiger partial charge in [-0.1, -0.05) is 36.4 Å². The van der Waals surface area contributed by atoms with Crippen molar-refractivity contribution in [3.05, 3.63) is 59.9 Å². The average molecular weight is 363 g/mol. The van der Waals surface area contributed by atoms with E-state index < -0.39 is 0 Å². The van der Waals surface area contributed by atoms with E-state index in [0.29, 0.717) is 18.0 Å². The Bertz CT molecular complexity index is 912. The van der Waals surface area contributed by atoms with Crippen LogP contribution in [-0.2, 0) is 17.8 Å². The number of aromatic hydroxyl groups is 1. The predicted octanol–water partition coefficient (Wildman–Crippen LogP) is 3.93. The third-order valence-corrected chi connectivity index (χ3v) is 5.55. The Morgan fingerprint density at radius 2 is 1.85 bits per heavy atom. The van der Waals surface area contributed by atoms with Gasteiger partial charge >= 0.3 is 0 Å². The van der Waals surface area contributed by atoms with Crippen molar-refractivity contribution in [2.75, 3.05) is 0 Å². The predicted molar refractivity (Wildman–Crippen MR) is 105 cm³/mol. The van der Waals surface area contributed by atoms with Crippen LogP contribution in [-0.4, -0.2) is 21.0 Å². The Labute approximate surface area is 158 Å². The number of benzene rings is 2. The van der Waals surface area contributed by atoms with E-state index in [9.17, 15) is 9.90 Å². The van der Waals surface area contributed by atoms with E-state index in [1.807, 2.05) is 42.5 Å². The molecule has 0 unspecified atom stereocenters. The molecule has 1 fully saturated rings. The Morgan fingerprint density at radius 1 is 1.07 bits per heavy atom. The zero-order chi connectivity index (χ0) is 18.6. The summed E-state index contributed by atoms with van der Waals surface area (Å²) in [5.41, 5.74) is 2.65. The Morgan fingerprint density at radius 3 is 2.59 bits per heavy atom. The first-order valence-electron chi connectivity index (χ1n) is 9.67. The maximum Gasteiger partial charge on any atom is 0.223 e. The van der Waals surface area contributed by atoms with Crippen LogP contribution in [0.1, 0.15) is 37.1 Å². The van der Waals surface area contributed by atoms with Gasteiger partial charge in [0.05, 0.1) is 5.52 Å². The molecule has 0 bridgehead atoms. The van der Waals surface area contributed by atoms with Crippen LogP contribution in [0, 0.1) is 11.8 Å². The molecular weight excluding hydrogens is 338 g/mol. The summed E-state index contributed by atoms with van der Waals surface area (Å²) in [6.45, 7) is 0.599. The molecule has 0 radical (unpaired) electrons. The molecule has 3 aromatic rings. The number of hydrogen-bond donors (Lipinski definition) is 3. The van der Waals surface area contributed by atoms with Crippen LogP contribution < -0.4 is 5.32 Å². The van der Waals surface area contributed by atoms with Crippen molar-refractivity contribution in [1.82, 2.24) is 15.3 Å². The van der Waals surface area contributed by atoms with Crippen LogP contribution in [0.25, 0.3) is 11.0 Å². The second-order valence-corrected chi connectivity index (χ2v) is 7.48. The molecule has 2 aromatic carbocycles. The van der Waals surface area contributed by atoms with Gasteiger partial charge in [-0.25, -0.2) is 4.98 Å². The van der Waals surface area contributed by atoms with E-state index in [1.165, 1.54) is 0 Å². The number of phenolic OH excluding ortho intramolecular Hbond substituents is 1. The fourth-order valence-electron chi connectivity index (χ4n) is 4.00. The summed E-state index contributed by atoms with van der Waals surface area (Å²) in [4.78, 5) is 20.3. The van der Waals surface area contributed by atoms with Gasteiger partial charge in [-0.05, 0) is 49.3 Å². The van der Waals surface area contributed by atoms with Gasteiger partial charge in [-0.3, -0.25) is 4.79 Å². The number of phenols is 1. The first-order chi connectivity index (χ1) is 13.2. The van der Waals surface area contributed by atoms with Crippen LogP contribution in [0.5, 0.6) is 5.75 Å². The summed E-state index contributed by atoms with van der Waals surface area (Å²) in [6, 6.07) is 15.4. The van der Waals surface area contributed by atoms with Gasteiger partial charge in [0, 0.05) is 18.9 Å². The fraction of sp³-hybridized carbons (Fsp3) is 0.364. The standard InChI is InChI=1S/C22H25N3O2/c26-19-8-4-7-18-21(19)25-20(24-18)13-15-9-11-17(12-10-15)22(27)23-14-16-5-2-1-3-6-16/h1-8,15,17,26H,9-14H2,(H,23,27)(H,24,25). The maximum absolute atomic E-state index is 12.4. The van der Waals surface area contributed by atoms with Gasteiger partial charge in [-0.2, -0.15) is 0 Å². The van der Waals surface area contributed by atoms with Crippen molar-refractivity contribution in [1.29, 1.82) is 0 Å². The molecular formula is C22H25N3O2. The molecule has 140 valence electrons. The number of aromatic nitrogens is 2. The molecule has 1 aliphatic carbocycles. The first-order valence-corrected chi connectivity index (χ1v) is 9.67. The number of nitrogens with zero attached hydrogens (tertiary/aromatic N) is 1. The van der Waals surface area contributed by atoms with Gasteiger partial charge in [0.15, 0.2) is 0 Å². The van der Waals surface area contributed by atoms with E-state index >= 15 is 0 Å². The van der Waals surface area contributed by atoms with Crippen molar-refractivity contribution < 1.29 is 9.90 Å². The maximum atomic E-state index is 12.4. The molecule has 5 nitrogen and oxygen atoms in total. The lowest BCUT2D eigenvalue weighted by atomic mass is 9.80. The summed E-state index contributed by atoms with van der Waals surface area (Å²) in [5, 5.41) is 13.0. The highest BCUT2D eigenvalue weighted by atomic mass is 16.3. The Hall–Kier alpha value is -2.82. The van der Waals surface area contributed by atoms with E-state index in [0.717, 1.165) is 49.0 Å². The van der Waals surface area contributed by atoms with E-state index in [2.05, 4.69) is 15.3 Å². The van der Waals surface area contributed by atoms with Crippen molar-refractivity contribution in [3.8, 4) is 5.75 Å². The number of aromatic amines is 1. The zero-order valence-corrected chi connectivity index (χ0v) is 15.3. The lowest BCUT2D eigenvalue weighted by Crippen LogP contribution is -2.33. The molecule has 1 aromatic heterocycles. The number of H-pyrrole nitrogens is 1. The number of imidazole rings is 1. The van der Waals surface area contributed by atoms with E-state index in [-0.39, 0.29) is 17.6 Å². The van der Waals surface area contributed by atoms with Crippen LogP contribution in [0.3, 0.4) is 0 Å². The molecule has 0 atom stereocenters. The second-order valence-electron chi connectivity index (χ2n) is 7.48. The molecule has 0 aliphatic heterocycles. The van der Waals surface area contributed by atoms with Gasteiger partial charge in [-0.15, -0.1) is 0 Å². The average Bonchev–Trinajstić information content (AvgIpc) is 3.11. The van der Waals surface area contributed by atoms with Crippen molar-refractivity contribution in [2.45, 2.75) is 38.6 Å². The summed E-state index contributed by atoms with van der Waals surface area (Å²) in [5.74, 6) is 1.96. The lowest BCUT2D eigenvalue weighted by Gasteiger charge is -2.27. The molecule has 0 saturated heterocycles. The Kier molecular flexibility index (Phi) is 5.10. The molecule has 3 N–H and O–H groups in total. The molecule has 1 amide bonds. The van der Waals surface area contributed by atoms with Crippen molar-refractivity contribution >= 4 is 16.9 Å². The second kappa shape index (κ2) is 7.82. The van der Waals surface area contributed by atoms with Crippen LogP contribution >= 0.6 is 0 Å². The highest BCUT2D eigenvalue weighted by Crippen LogP contribution is 2.31. The molecule has 1 saturated carbocycles. The monoisotopic (exact) mass is 363 g/mol. The third-order valence-electron chi connectivity index (χ3n) is 5.55. The van der Waals surface area contributed by atoms with Crippen molar-refractivity contribution in [2.24, 2.45) is 11.8 Å². The minimum Gasteiger partial charge on any atom is -0.506 e. The van der Waals surface area contributed by atoms with Gasteiger partial charge in [0.1, 0.15) is 17.1 Å². The lowest BCUT2D eigenvalue weighted by molar-refractivity contribution is -0.126. The normalized spacial score (nSPS) is 19.9. The van der Waals surface area contributed by atoms with E-state index in [1.54, 1.807) is 6.07 Å². The highest BCUT2D eigenvalue weighted by Gasteiger charge is 2.26. The van der Waals surface area contributed by atoms with Crippen LogP contribution in [0.4, 0.5) is 0 Å². The zero-order valence-electron chi connectivity index (χ0n) is 15.3. The largest absolute Gasteiger partial charge is 0.506 e. The first kappa shape index (κ1) is 17.6. The van der Waals surface area contributed by atoms with Crippen molar-refractivity contribution in [3.63, 3.8) is 0 Å². The number of carbonyl (C=O) groups is 1. The quantitative estimate of drug-likeness (QED) is 0.643. The van der Waals surface area contributed by atoms with Gasteiger partial charge in [0.25, 0.3) is 0 Å². The molecule has 1 aliphatic rings. The number of nitrogens with one attached hydrogen (secondary N) is 2. The van der Waals surface area contributed by atoms with Gasteiger partial charge in [0.2, 0.25) is 5.91 Å². The number of amides is 1. The Balaban J connectivity index is 1.28. The molecule has 1 heterocycles. The summed E-state index contributed by atoms with van der Waals surface area (Å²) in [6.07, 6.45) is 4.79. The number of rotatable bonds is 5. The summed E-state index contributed by atoms with van der Waals surface area (Å²) < 4.78 is 0. The smallest absolute Gasteiger partial charge is 0.223 e. The summed E-state index contributed by atoms with van der Waals surface area (Å²) in [7, 11) is 0. The SMILES string of the molecule is O=C(NCc1ccccc1)C1CCC(Cc2nc3c(O)cccc3[nH]2)CC1. The minimum absolute atomic E-state index is 0.115. The van der Waals surface area contributed by atoms with Crippen LogP contribution in [0.15, 0.2) is 48.5 Å². The number of hydrogen-bond acceptors (Lipinski definition) is 3. The number of para-hydroxylation sites is 1. The van der Waals surface area contributed by atoms with E-state index in [4.69, 9.17) is 0 Å². The number of fused-ring (bicyclic) bond motifs is 1. The number of carbonyl (C=O) groups excluding carboxylic acids is 1. The van der Waals surface area contributed by atoms with Gasteiger partial charge < -0.3 is 15.4 Å².